The Balaban J connectivity index is 1.83. The average Bonchev–Trinajstić information content (AvgIpc) is 3.27. The predicted octanol–water partition coefficient (Wildman–Crippen LogP) is 2.85. The summed E-state index contributed by atoms with van der Waals surface area (Å²) in [6.45, 7) is 6.80. The third-order valence-electron chi connectivity index (χ3n) is 4.23. The van der Waals surface area contributed by atoms with Gasteiger partial charge in [0.2, 0.25) is 5.95 Å². The molecule has 0 unspecified atom stereocenters. The zero-order valence-electron chi connectivity index (χ0n) is 13.7. The molecule has 4 heterocycles. The number of furan rings is 1. The van der Waals surface area contributed by atoms with Crippen LogP contribution in [0.5, 0.6) is 0 Å². The maximum Gasteiger partial charge on any atom is 0.226 e. The number of morpholine rings is 1. The number of ether oxygens (including phenoxy) is 1. The fourth-order valence-corrected chi connectivity index (χ4v) is 2.72. The molecule has 1 aliphatic heterocycles. The van der Waals surface area contributed by atoms with E-state index >= 15 is 0 Å². The Kier molecular flexibility index (Phi) is 3.78. The molecule has 0 saturated carbocycles. The minimum Gasteiger partial charge on any atom is -0.463 e. The summed E-state index contributed by atoms with van der Waals surface area (Å²) in [5, 5.41) is 4.04. The number of aromatic nitrogens is 3. The molecule has 7 nitrogen and oxygen atoms in total. The molecule has 0 spiro atoms. The number of anilines is 1. The van der Waals surface area contributed by atoms with Gasteiger partial charge in [-0.3, -0.25) is 0 Å². The molecular weight excluding hydrogens is 308 g/mol. The van der Waals surface area contributed by atoms with Crippen molar-refractivity contribution in [2.45, 2.75) is 13.8 Å². The van der Waals surface area contributed by atoms with Crippen molar-refractivity contribution < 1.29 is 13.7 Å². The van der Waals surface area contributed by atoms with Gasteiger partial charge < -0.3 is 18.6 Å². The van der Waals surface area contributed by atoms with Gasteiger partial charge in [-0.25, -0.2) is 9.97 Å². The minimum atomic E-state index is 0.669. The maximum atomic E-state index is 5.58. The molecular formula is C17H18N4O3. The van der Waals surface area contributed by atoms with Crippen LogP contribution in [0.4, 0.5) is 5.95 Å². The molecule has 1 saturated heterocycles. The summed E-state index contributed by atoms with van der Waals surface area (Å²) in [6.07, 6.45) is 3.41. The van der Waals surface area contributed by atoms with Crippen molar-refractivity contribution in [3.8, 4) is 22.8 Å². The normalized spacial score (nSPS) is 15.0. The van der Waals surface area contributed by atoms with E-state index in [0.717, 1.165) is 29.9 Å². The lowest BCUT2D eigenvalue weighted by molar-refractivity contribution is 0.122. The Morgan fingerprint density at radius 2 is 2.00 bits per heavy atom. The quantitative estimate of drug-likeness (QED) is 0.732. The van der Waals surface area contributed by atoms with Crippen molar-refractivity contribution in [3.63, 3.8) is 0 Å². The molecule has 3 aromatic rings. The van der Waals surface area contributed by atoms with Crippen molar-refractivity contribution in [1.82, 2.24) is 15.1 Å². The van der Waals surface area contributed by atoms with Crippen LogP contribution >= 0.6 is 0 Å². The Labute approximate surface area is 139 Å². The number of aryl methyl sites for hydroxylation is 1. The lowest BCUT2D eigenvalue weighted by Gasteiger charge is -2.27. The van der Waals surface area contributed by atoms with Gasteiger partial charge in [0, 0.05) is 24.8 Å². The van der Waals surface area contributed by atoms with Gasteiger partial charge in [0.1, 0.15) is 5.69 Å². The number of rotatable bonds is 3. The van der Waals surface area contributed by atoms with E-state index in [1.807, 2.05) is 26.0 Å². The minimum absolute atomic E-state index is 0.669. The van der Waals surface area contributed by atoms with E-state index in [4.69, 9.17) is 18.7 Å². The van der Waals surface area contributed by atoms with Crippen LogP contribution in [0.3, 0.4) is 0 Å². The summed E-state index contributed by atoms with van der Waals surface area (Å²) < 4.78 is 16.5. The molecule has 124 valence electrons. The molecule has 1 fully saturated rings. The van der Waals surface area contributed by atoms with E-state index in [1.165, 1.54) is 0 Å². The molecule has 0 N–H and O–H groups in total. The van der Waals surface area contributed by atoms with E-state index < -0.39 is 0 Å². The summed E-state index contributed by atoms with van der Waals surface area (Å²) >= 11 is 0. The van der Waals surface area contributed by atoms with Gasteiger partial charge in [-0.2, -0.15) is 0 Å². The largest absolute Gasteiger partial charge is 0.463 e. The van der Waals surface area contributed by atoms with Crippen molar-refractivity contribution in [3.05, 3.63) is 35.9 Å². The first kappa shape index (κ1) is 14.9. The highest BCUT2D eigenvalue weighted by Crippen LogP contribution is 2.34. The maximum absolute atomic E-state index is 5.58. The van der Waals surface area contributed by atoms with Gasteiger partial charge in [-0.15, -0.1) is 0 Å². The van der Waals surface area contributed by atoms with Gasteiger partial charge in [-0.05, 0) is 26.0 Å². The van der Waals surface area contributed by atoms with Gasteiger partial charge >= 0.3 is 0 Å². The van der Waals surface area contributed by atoms with Crippen molar-refractivity contribution in [2.24, 2.45) is 0 Å². The molecule has 0 radical (unpaired) electrons. The first-order chi connectivity index (χ1) is 11.7. The van der Waals surface area contributed by atoms with Crippen LogP contribution in [0.1, 0.15) is 11.3 Å². The van der Waals surface area contributed by atoms with Crippen LogP contribution in [0.25, 0.3) is 22.8 Å². The zero-order chi connectivity index (χ0) is 16.5. The lowest BCUT2D eigenvalue weighted by Crippen LogP contribution is -2.37. The van der Waals surface area contributed by atoms with Crippen LogP contribution in [0.15, 0.2) is 33.5 Å². The fraction of sp³-hybridized carbons (Fsp3) is 0.353. The second-order valence-corrected chi connectivity index (χ2v) is 5.73. The summed E-state index contributed by atoms with van der Waals surface area (Å²) in [6, 6.07) is 3.72. The zero-order valence-corrected chi connectivity index (χ0v) is 13.7. The van der Waals surface area contributed by atoms with E-state index in [9.17, 15) is 0 Å². The van der Waals surface area contributed by atoms with E-state index in [-0.39, 0.29) is 0 Å². The molecule has 0 bridgehead atoms. The molecule has 0 amide bonds. The highest BCUT2D eigenvalue weighted by atomic mass is 16.5. The van der Waals surface area contributed by atoms with Crippen LogP contribution in [-0.4, -0.2) is 41.4 Å². The van der Waals surface area contributed by atoms with Crippen molar-refractivity contribution in [1.29, 1.82) is 0 Å². The summed E-state index contributed by atoms with van der Waals surface area (Å²) in [4.78, 5) is 11.4. The summed E-state index contributed by atoms with van der Waals surface area (Å²) in [7, 11) is 0. The molecule has 0 aliphatic carbocycles. The molecule has 7 heteroatoms. The van der Waals surface area contributed by atoms with Crippen LogP contribution in [0, 0.1) is 13.8 Å². The SMILES string of the molecule is Cc1noc(-c2cnc(N3CCOCC3)nc2-c2ccco2)c1C. The summed E-state index contributed by atoms with van der Waals surface area (Å²) in [5.74, 6) is 2.02. The summed E-state index contributed by atoms with van der Waals surface area (Å²) in [5.41, 5.74) is 3.31. The van der Waals surface area contributed by atoms with Gasteiger partial charge in [0.05, 0.1) is 30.7 Å². The van der Waals surface area contributed by atoms with E-state index in [2.05, 4.69) is 15.0 Å². The third kappa shape index (κ3) is 2.56. The first-order valence-electron chi connectivity index (χ1n) is 7.91. The molecule has 0 aromatic carbocycles. The molecule has 3 aromatic heterocycles. The van der Waals surface area contributed by atoms with Crippen LogP contribution in [0.2, 0.25) is 0 Å². The first-order valence-corrected chi connectivity index (χ1v) is 7.91. The van der Waals surface area contributed by atoms with E-state index in [0.29, 0.717) is 36.4 Å². The Morgan fingerprint density at radius 3 is 2.67 bits per heavy atom. The number of nitrogens with zero attached hydrogens (tertiary/aromatic N) is 4. The monoisotopic (exact) mass is 326 g/mol. The molecule has 0 atom stereocenters. The molecule has 4 rings (SSSR count). The Morgan fingerprint density at radius 1 is 1.17 bits per heavy atom. The third-order valence-corrected chi connectivity index (χ3v) is 4.23. The van der Waals surface area contributed by atoms with Crippen molar-refractivity contribution in [2.75, 3.05) is 31.2 Å². The average molecular weight is 326 g/mol. The van der Waals surface area contributed by atoms with Crippen molar-refractivity contribution >= 4 is 5.95 Å². The number of hydrogen-bond acceptors (Lipinski definition) is 7. The molecule has 24 heavy (non-hydrogen) atoms. The predicted molar refractivity (Wildman–Crippen MR) is 87.7 cm³/mol. The second-order valence-electron chi connectivity index (χ2n) is 5.73. The van der Waals surface area contributed by atoms with E-state index in [1.54, 1.807) is 12.5 Å². The van der Waals surface area contributed by atoms with Crippen LogP contribution in [-0.2, 0) is 4.74 Å². The highest BCUT2D eigenvalue weighted by molar-refractivity contribution is 5.77. The second kappa shape index (κ2) is 6.09. The smallest absolute Gasteiger partial charge is 0.226 e. The number of hydrogen-bond donors (Lipinski definition) is 0. The Bertz CT molecular complexity index is 836. The topological polar surface area (TPSA) is 77.4 Å². The highest BCUT2D eigenvalue weighted by Gasteiger charge is 2.22. The van der Waals surface area contributed by atoms with Gasteiger partial charge in [-0.1, -0.05) is 5.16 Å². The van der Waals surface area contributed by atoms with Gasteiger partial charge in [0.25, 0.3) is 0 Å². The van der Waals surface area contributed by atoms with Gasteiger partial charge in [0.15, 0.2) is 11.5 Å². The fourth-order valence-electron chi connectivity index (χ4n) is 2.72. The lowest BCUT2D eigenvalue weighted by atomic mass is 10.1. The van der Waals surface area contributed by atoms with Crippen LogP contribution < -0.4 is 4.90 Å². The Hall–Kier alpha value is -2.67. The molecule has 1 aliphatic rings. The standard InChI is InChI=1S/C17H18N4O3/c1-11-12(2)20-24-16(11)13-10-18-17(21-5-8-22-9-6-21)19-15(13)14-4-3-7-23-14/h3-4,7,10H,5-6,8-9H2,1-2H3.